The minimum absolute atomic E-state index is 0.157. The molecule has 136 valence electrons. The van der Waals surface area contributed by atoms with Crippen LogP contribution < -0.4 is 16.4 Å². The van der Waals surface area contributed by atoms with E-state index in [0.717, 1.165) is 0 Å². The summed E-state index contributed by atoms with van der Waals surface area (Å²) in [5, 5.41) is 14.1. The molecule has 0 spiro atoms. The lowest BCUT2D eigenvalue weighted by Gasteiger charge is -2.23. The van der Waals surface area contributed by atoms with Crippen molar-refractivity contribution < 1.29 is 24.3 Å². The summed E-state index contributed by atoms with van der Waals surface area (Å²) < 4.78 is 0. The summed E-state index contributed by atoms with van der Waals surface area (Å²) in [7, 11) is 0. The van der Waals surface area contributed by atoms with Gasteiger partial charge >= 0.3 is 5.97 Å². The van der Waals surface area contributed by atoms with Gasteiger partial charge in [0.1, 0.15) is 12.1 Å². The molecule has 9 heteroatoms. The molecule has 0 bridgehead atoms. The molecule has 9 nitrogen and oxygen atoms in total. The Kier molecular flexibility index (Phi) is 7.63. The van der Waals surface area contributed by atoms with E-state index in [4.69, 9.17) is 10.8 Å². The van der Waals surface area contributed by atoms with Gasteiger partial charge in [0.25, 0.3) is 0 Å². The van der Waals surface area contributed by atoms with Crippen molar-refractivity contribution in [3.05, 3.63) is 0 Å². The first-order chi connectivity index (χ1) is 11.3. The number of hydrogen-bond donors (Lipinski definition) is 4. The summed E-state index contributed by atoms with van der Waals surface area (Å²) in [6.45, 7) is 3.65. The van der Waals surface area contributed by atoms with Crippen LogP contribution in [0.2, 0.25) is 0 Å². The number of carboxylic acid groups (broad SMARTS) is 1. The lowest BCUT2D eigenvalue weighted by molar-refractivity contribution is -0.148. The molecule has 0 aromatic heterocycles. The number of amides is 3. The fourth-order valence-corrected chi connectivity index (χ4v) is 2.67. The van der Waals surface area contributed by atoms with Crippen LogP contribution in [0.4, 0.5) is 0 Å². The fourth-order valence-electron chi connectivity index (χ4n) is 2.67. The summed E-state index contributed by atoms with van der Waals surface area (Å²) in [5.41, 5.74) is 5.24. The number of nitrogens with zero attached hydrogens (tertiary/aromatic N) is 1. The average molecular weight is 342 g/mol. The third-order valence-electron chi connectivity index (χ3n) is 3.82. The van der Waals surface area contributed by atoms with E-state index in [-0.39, 0.29) is 19.0 Å². The smallest absolute Gasteiger partial charge is 0.326 e. The highest BCUT2D eigenvalue weighted by Gasteiger charge is 2.34. The molecule has 2 unspecified atom stereocenters. The van der Waals surface area contributed by atoms with Gasteiger partial charge in [-0.15, -0.1) is 0 Å². The fraction of sp³-hybridized carbons (Fsp3) is 0.733. The van der Waals surface area contributed by atoms with Crippen LogP contribution >= 0.6 is 0 Å². The molecule has 1 aliphatic heterocycles. The molecule has 1 saturated heterocycles. The molecule has 5 N–H and O–H groups in total. The van der Waals surface area contributed by atoms with Crippen molar-refractivity contribution in [2.45, 2.75) is 45.2 Å². The molecule has 0 aromatic carbocycles. The maximum atomic E-state index is 12.2. The van der Waals surface area contributed by atoms with Crippen LogP contribution in [-0.4, -0.2) is 65.4 Å². The van der Waals surface area contributed by atoms with Crippen LogP contribution in [0.1, 0.15) is 33.1 Å². The van der Waals surface area contributed by atoms with E-state index in [1.165, 1.54) is 4.90 Å². The van der Waals surface area contributed by atoms with Crippen LogP contribution in [-0.2, 0) is 19.2 Å². The molecule has 24 heavy (non-hydrogen) atoms. The second kappa shape index (κ2) is 9.21. The Morgan fingerprint density at radius 1 is 1.29 bits per heavy atom. The summed E-state index contributed by atoms with van der Waals surface area (Å²) in [6.07, 6.45) is 1.45. The number of nitrogens with two attached hydrogens (primary N) is 1. The van der Waals surface area contributed by atoms with Gasteiger partial charge in [-0.2, -0.15) is 0 Å². The number of carbonyl (C=O) groups excluding carboxylic acids is 3. The van der Waals surface area contributed by atoms with Crippen molar-refractivity contribution in [3.8, 4) is 0 Å². The lowest BCUT2D eigenvalue weighted by atomic mass is 10.0. The zero-order valence-corrected chi connectivity index (χ0v) is 14.1. The van der Waals surface area contributed by atoms with Gasteiger partial charge in [-0.25, -0.2) is 4.79 Å². The molecular formula is C15H26N4O5. The normalized spacial score (nSPS) is 18.3. The second-order valence-corrected chi connectivity index (χ2v) is 6.25. The number of hydrogen-bond acceptors (Lipinski definition) is 5. The summed E-state index contributed by atoms with van der Waals surface area (Å²) in [6, 6.07) is -1.61. The number of carbonyl (C=O) groups is 4. The van der Waals surface area contributed by atoms with E-state index >= 15 is 0 Å². The number of carboxylic acids is 1. The Morgan fingerprint density at radius 3 is 2.50 bits per heavy atom. The largest absolute Gasteiger partial charge is 0.480 e. The van der Waals surface area contributed by atoms with Gasteiger partial charge in [0, 0.05) is 6.54 Å². The number of nitrogens with one attached hydrogen (secondary N) is 2. The van der Waals surface area contributed by atoms with Gasteiger partial charge < -0.3 is 26.4 Å². The SMILES string of the molecule is CC(C)CC(NC(=O)CN)C(=O)NCC(=O)N1CCCC1C(=O)O. The maximum absolute atomic E-state index is 12.2. The van der Waals surface area contributed by atoms with Gasteiger partial charge in [-0.3, -0.25) is 14.4 Å². The molecule has 1 rings (SSSR count). The Bertz CT molecular complexity index is 494. The summed E-state index contributed by atoms with van der Waals surface area (Å²) in [4.78, 5) is 48.1. The van der Waals surface area contributed by atoms with E-state index in [0.29, 0.717) is 25.8 Å². The molecule has 0 radical (unpaired) electrons. The molecular weight excluding hydrogens is 316 g/mol. The predicted octanol–water partition coefficient (Wildman–Crippen LogP) is -1.33. The molecule has 1 heterocycles. The first-order valence-corrected chi connectivity index (χ1v) is 8.05. The molecule has 2 atom stereocenters. The number of likely N-dealkylation sites (tertiary alicyclic amines) is 1. The first-order valence-electron chi connectivity index (χ1n) is 8.05. The Labute approximate surface area is 140 Å². The number of aliphatic carboxylic acids is 1. The standard InChI is InChI=1S/C15H26N4O5/c1-9(2)6-10(18-12(20)7-16)14(22)17-8-13(21)19-5-3-4-11(19)15(23)24/h9-11H,3-8,16H2,1-2H3,(H,17,22)(H,18,20)(H,23,24). The molecule has 0 saturated carbocycles. The Morgan fingerprint density at radius 2 is 1.96 bits per heavy atom. The summed E-state index contributed by atoms with van der Waals surface area (Å²) >= 11 is 0. The van der Waals surface area contributed by atoms with Crippen molar-refractivity contribution in [1.82, 2.24) is 15.5 Å². The molecule has 3 amide bonds. The van der Waals surface area contributed by atoms with Crippen molar-refractivity contribution >= 4 is 23.7 Å². The van der Waals surface area contributed by atoms with E-state index in [1.807, 2.05) is 13.8 Å². The lowest BCUT2D eigenvalue weighted by Crippen LogP contribution is -2.52. The van der Waals surface area contributed by atoms with E-state index < -0.39 is 35.8 Å². The van der Waals surface area contributed by atoms with Gasteiger partial charge in [0.2, 0.25) is 17.7 Å². The molecule has 0 aliphatic carbocycles. The minimum Gasteiger partial charge on any atom is -0.480 e. The third-order valence-corrected chi connectivity index (χ3v) is 3.82. The zero-order chi connectivity index (χ0) is 18.3. The van der Waals surface area contributed by atoms with Gasteiger partial charge in [-0.05, 0) is 25.2 Å². The van der Waals surface area contributed by atoms with Crippen molar-refractivity contribution in [3.63, 3.8) is 0 Å². The number of rotatable bonds is 8. The Hall–Kier alpha value is -2.16. The molecule has 1 fully saturated rings. The van der Waals surface area contributed by atoms with Crippen LogP contribution in [0.25, 0.3) is 0 Å². The van der Waals surface area contributed by atoms with Crippen LogP contribution in [0, 0.1) is 5.92 Å². The van der Waals surface area contributed by atoms with Crippen molar-refractivity contribution in [1.29, 1.82) is 0 Å². The predicted molar refractivity (Wildman–Crippen MR) is 85.8 cm³/mol. The van der Waals surface area contributed by atoms with Crippen LogP contribution in [0.5, 0.6) is 0 Å². The third kappa shape index (κ3) is 5.80. The highest BCUT2D eigenvalue weighted by molar-refractivity contribution is 5.92. The van der Waals surface area contributed by atoms with Crippen molar-refractivity contribution in [2.75, 3.05) is 19.6 Å². The monoisotopic (exact) mass is 342 g/mol. The van der Waals surface area contributed by atoms with E-state index in [2.05, 4.69) is 10.6 Å². The second-order valence-electron chi connectivity index (χ2n) is 6.25. The maximum Gasteiger partial charge on any atom is 0.326 e. The van der Waals surface area contributed by atoms with Gasteiger partial charge in [0.15, 0.2) is 0 Å². The zero-order valence-electron chi connectivity index (χ0n) is 14.1. The highest BCUT2D eigenvalue weighted by Crippen LogP contribution is 2.17. The molecule has 0 aromatic rings. The van der Waals surface area contributed by atoms with Gasteiger partial charge in [-0.1, -0.05) is 13.8 Å². The van der Waals surface area contributed by atoms with E-state index in [1.54, 1.807) is 0 Å². The van der Waals surface area contributed by atoms with Gasteiger partial charge in [0.05, 0.1) is 13.1 Å². The topological polar surface area (TPSA) is 142 Å². The highest BCUT2D eigenvalue weighted by atomic mass is 16.4. The van der Waals surface area contributed by atoms with E-state index in [9.17, 15) is 19.2 Å². The van der Waals surface area contributed by atoms with Crippen LogP contribution in [0.15, 0.2) is 0 Å². The Balaban J connectivity index is 2.59. The quantitative estimate of drug-likeness (QED) is 0.430. The van der Waals surface area contributed by atoms with Crippen LogP contribution in [0.3, 0.4) is 0 Å². The minimum atomic E-state index is -1.04. The average Bonchev–Trinajstić information content (AvgIpc) is 3.00. The summed E-state index contributed by atoms with van der Waals surface area (Å²) in [5.74, 6) is -2.26. The van der Waals surface area contributed by atoms with Crippen molar-refractivity contribution in [2.24, 2.45) is 11.7 Å². The first kappa shape index (κ1) is 19.9. The molecule has 1 aliphatic rings.